The number of para-hydroxylation sites is 2. The minimum Gasteiger partial charge on any atom is -0.496 e. The van der Waals surface area contributed by atoms with Crippen molar-refractivity contribution in [2.24, 2.45) is 0 Å². The molecule has 5 heteroatoms. The number of hydrogen-bond acceptors (Lipinski definition) is 4. The molecule has 0 bridgehead atoms. The van der Waals surface area contributed by atoms with Gasteiger partial charge in [-0.2, -0.15) is 0 Å². The Kier molecular flexibility index (Phi) is 3.30. The average molecular weight is 358 g/mol. The van der Waals surface area contributed by atoms with Crippen molar-refractivity contribution in [3.8, 4) is 16.9 Å². The van der Waals surface area contributed by atoms with E-state index in [-0.39, 0.29) is 5.56 Å². The van der Waals surface area contributed by atoms with Gasteiger partial charge in [0.1, 0.15) is 5.75 Å². The van der Waals surface area contributed by atoms with E-state index in [1.165, 1.54) is 11.3 Å². The van der Waals surface area contributed by atoms with Crippen LogP contribution in [0.5, 0.6) is 5.75 Å². The van der Waals surface area contributed by atoms with Gasteiger partial charge in [0.2, 0.25) is 0 Å². The van der Waals surface area contributed by atoms with Gasteiger partial charge in [-0.3, -0.25) is 9.20 Å². The number of benzene rings is 3. The van der Waals surface area contributed by atoms with E-state index >= 15 is 0 Å². The van der Waals surface area contributed by atoms with Crippen LogP contribution >= 0.6 is 11.3 Å². The molecule has 0 N–H and O–H groups in total. The van der Waals surface area contributed by atoms with Crippen molar-refractivity contribution in [2.45, 2.75) is 0 Å². The number of ether oxygens (including phenoxy) is 1. The molecule has 2 heterocycles. The summed E-state index contributed by atoms with van der Waals surface area (Å²) in [6, 6.07) is 21.5. The van der Waals surface area contributed by atoms with Crippen LogP contribution in [0.2, 0.25) is 0 Å². The van der Waals surface area contributed by atoms with E-state index in [0.29, 0.717) is 15.9 Å². The summed E-state index contributed by atoms with van der Waals surface area (Å²) in [7, 11) is 1.65. The lowest BCUT2D eigenvalue weighted by atomic mass is 10.0. The number of rotatable bonds is 2. The van der Waals surface area contributed by atoms with Gasteiger partial charge in [0.05, 0.1) is 28.2 Å². The topological polar surface area (TPSA) is 43.6 Å². The molecule has 0 aliphatic heterocycles. The monoisotopic (exact) mass is 358 g/mol. The summed E-state index contributed by atoms with van der Waals surface area (Å²) >= 11 is 1.53. The number of aromatic nitrogens is 2. The molecule has 126 valence electrons. The molecule has 4 nitrogen and oxygen atoms in total. The summed E-state index contributed by atoms with van der Waals surface area (Å²) in [6.45, 7) is 0. The van der Waals surface area contributed by atoms with Gasteiger partial charge in [0, 0.05) is 5.56 Å². The minimum absolute atomic E-state index is 0.0424. The fourth-order valence-corrected chi connectivity index (χ4v) is 4.35. The zero-order chi connectivity index (χ0) is 17.7. The predicted octanol–water partition coefficient (Wildman–Crippen LogP) is 4.74. The summed E-state index contributed by atoms with van der Waals surface area (Å²) in [5, 5.41) is 0.606. The molecule has 0 saturated carbocycles. The second kappa shape index (κ2) is 5.68. The number of fused-ring (bicyclic) bond motifs is 4. The smallest absolute Gasteiger partial charge is 0.266 e. The molecule has 0 aliphatic carbocycles. The van der Waals surface area contributed by atoms with Crippen LogP contribution in [0.25, 0.3) is 37.2 Å². The molecule has 5 rings (SSSR count). The molecule has 2 aromatic heterocycles. The quantitative estimate of drug-likeness (QED) is 0.458. The third-order valence-corrected chi connectivity index (χ3v) is 5.58. The van der Waals surface area contributed by atoms with Gasteiger partial charge in [-0.05, 0) is 35.9 Å². The van der Waals surface area contributed by atoms with Crippen molar-refractivity contribution in [2.75, 3.05) is 7.11 Å². The van der Waals surface area contributed by atoms with E-state index in [2.05, 4.69) is 0 Å². The summed E-state index contributed by atoms with van der Waals surface area (Å²) in [5.41, 5.74) is 3.46. The van der Waals surface area contributed by atoms with Crippen LogP contribution in [-0.2, 0) is 0 Å². The Labute approximate surface area is 152 Å². The first kappa shape index (κ1) is 15.1. The first-order chi connectivity index (χ1) is 12.8. The number of nitrogens with zero attached hydrogens (tertiary/aromatic N) is 2. The zero-order valence-electron chi connectivity index (χ0n) is 14.0. The Hall–Kier alpha value is -3.18. The van der Waals surface area contributed by atoms with Gasteiger partial charge in [-0.15, -0.1) is 0 Å². The SMILES string of the molecule is COc1ccccc1-c1ccc2nc3sc4ccccc4n3c(=O)c2c1. The molecule has 0 aliphatic rings. The van der Waals surface area contributed by atoms with Gasteiger partial charge in [0.15, 0.2) is 4.96 Å². The zero-order valence-corrected chi connectivity index (χ0v) is 14.8. The number of methoxy groups -OCH3 is 1. The summed E-state index contributed by atoms with van der Waals surface area (Å²) in [4.78, 5) is 18.6. The lowest BCUT2D eigenvalue weighted by Gasteiger charge is -2.09. The minimum atomic E-state index is -0.0424. The fraction of sp³-hybridized carbons (Fsp3) is 0.0476. The molecule has 0 saturated heterocycles. The molecule has 5 aromatic rings. The van der Waals surface area contributed by atoms with E-state index in [4.69, 9.17) is 9.72 Å². The third-order valence-electron chi connectivity index (χ3n) is 4.56. The summed E-state index contributed by atoms with van der Waals surface area (Å²) in [5.74, 6) is 0.780. The van der Waals surface area contributed by atoms with Crippen molar-refractivity contribution >= 4 is 37.4 Å². The van der Waals surface area contributed by atoms with Crippen molar-refractivity contribution in [3.63, 3.8) is 0 Å². The second-order valence-electron chi connectivity index (χ2n) is 6.04. The largest absolute Gasteiger partial charge is 0.496 e. The summed E-state index contributed by atoms with van der Waals surface area (Å²) < 4.78 is 8.22. The maximum Gasteiger partial charge on any atom is 0.266 e. The highest BCUT2D eigenvalue weighted by Crippen LogP contribution is 2.31. The van der Waals surface area contributed by atoms with Crippen LogP contribution < -0.4 is 10.3 Å². The third kappa shape index (κ3) is 2.14. The Bertz CT molecular complexity index is 1350. The van der Waals surface area contributed by atoms with Gasteiger partial charge in [-0.25, -0.2) is 4.98 Å². The van der Waals surface area contributed by atoms with Gasteiger partial charge in [-0.1, -0.05) is 47.7 Å². The van der Waals surface area contributed by atoms with Crippen molar-refractivity contribution in [1.82, 2.24) is 9.38 Å². The molecule has 0 radical (unpaired) electrons. The Morgan fingerprint density at radius 2 is 1.81 bits per heavy atom. The van der Waals surface area contributed by atoms with Gasteiger partial charge in [0.25, 0.3) is 5.56 Å². The van der Waals surface area contributed by atoms with Crippen LogP contribution in [0.4, 0.5) is 0 Å². The van der Waals surface area contributed by atoms with Gasteiger partial charge >= 0.3 is 0 Å². The van der Waals surface area contributed by atoms with Crippen molar-refractivity contribution in [3.05, 3.63) is 77.1 Å². The molecule has 0 fully saturated rings. The molecular formula is C21H14N2O2S. The van der Waals surface area contributed by atoms with Crippen LogP contribution in [0, 0.1) is 0 Å². The Balaban J connectivity index is 1.85. The molecule has 3 aromatic carbocycles. The molecule has 0 unspecified atom stereocenters. The first-order valence-electron chi connectivity index (χ1n) is 8.24. The standard InChI is InChI=1S/C21H14N2O2S/c1-25-18-8-4-2-6-14(18)13-10-11-16-15(12-13)20(24)23-17-7-3-5-9-19(17)26-21(23)22-16/h2-12H,1H3. The van der Waals surface area contributed by atoms with Crippen LogP contribution in [0.15, 0.2) is 71.5 Å². The van der Waals surface area contributed by atoms with Crippen LogP contribution in [-0.4, -0.2) is 16.5 Å². The Morgan fingerprint density at radius 1 is 1.00 bits per heavy atom. The van der Waals surface area contributed by atoms with E-state index in [1.807, 2.05) is 66.7 Å². The maximum absolute atomic E-state index is 13.2. The van der Waals surface area contributed by atoms with Crippen LogP contribution in [0.1, 0.15) is 0 Å². The fourth-order valence-electron chi connectivity index (χ4n) is 3.32. The highest BCUT2D eigenvalue weighted by atomic mass is 32.1. The van der Waals surface area contributed by atoms with E-state index < -0.39 is 0 Å². The highest BCUT2D eigenvalue weighted by Gasteiger charge is 2.13. The van der Waals surface area contributed by atoms with Gasteiger partial charge < -0.3 is 4.74 Å². The van der Waals surface area contributed by atoms with E-state index in [0.717, 1.165) is 27.1 Å². The molecular weight excluding hydrogens is 344 g/mol. The predicted molar refractivity (Wildman–Crippen MR) is 106 cm³/mol. The number of hydrogen-bond donors (Lipinski definition) is 0. The van der Waals surface area contributed by atoms with Crippen molar-refractivity contribution in [1.29, 1.82) is 0 Å². The lowest BCUT2D eigenvalue weighted by Crippen LogP contribution is -2.13. The van der Waals surface area contributed by atoms with Crippen molar-refractivity contribution < 1.29 is 4.74 Å². The highest BCUT2D eigenvalue weighted by molar-refractivity contribution is 7.23. The summed E-state index contributed by atoms with van der Waals surface area (Å²) in [6.07, 6.45) is 0. The van der Waals surface area contributed by atoms with E-state index in [9.17, 15) is 4.79 Å². The first-order valence-corrected chi connectivity index (χ1v) is 9.05. The van der Waals surface area contributed by atoms with E-state index in [1.54, 1.807) is 11.5 Å². The molecule has 0 spiro atoms. The number of thiazole rings is 1. The lowest BCUT2D eigenvalue weighted by molar-refractivity contribution is 0.416. The normalized spacial score (nSPS) is 11.4. The molecule has 0 amide bonds. The molecule has 0 atom stereocenters. The van der Waals surface area contributed by atoms with Crippen LogP contribution in [0.3, 0.4) is 0 Å². The molecule has 26 heavy (non-hydrogen) atoms. The maximum atomic E-state index is 13.2. The average Bonchev–Trinajstić information content (AvgIpc) is 3.06. The Morgan fingerprint density at radius 3 is 2.69 bits per heavy atom. The second-order valence-corrected chi connectivity index (χ2v) is 7.05.